The van der Waals surface area contributed by atoms with E-state index >= 15 is 0 Å². The molecular weight excluding hydrogens is 349 g/mol. The minimum absolute atomic E-state index is 0.139. The average molecular weight is 367 g/mol. The van der Waals surface area contributed by atoms with E-state index in [4.69, 9.17) is 4.52 Å². The van der Waals surface area contributed by atoms with E-state index in [0.717, 1.165) is 29.9 Å². The highest BCUT2D eigenvalue weighted by Crippen LogP contribution is 2.46. The number of rotatable bonds is 2. The number of fused-ring (bicyclic) bond motifs is 6. The molecule has 0 bridgehead atoms. The third-order valence-corrected chi connectivity index (χ3v) is 5.68. The molecule has 1 unspecified atom stereocenters. The summed E-state index contributed by atoms with van der Waals surface area (Å²) in [7, 11) is 0. The molecule has 4 aliphatic rings. The Labute approximate surface area is 155 Å². The fraction of sp³-hybridized carbons (Fsp3) is 0.389. The largest absolute Gasteiger partial charge is 0.348 e. The molecule has 0 amide bonds. The zero-order valence-electron chi connectivity index (χ0n) is 14.6. The number of aromatic nitrogens is 2. The molecule has 9 heteroatoms. The number of halogens is 1. The second-order valence-electron chi connectivity index (χ2n) is 7.26. The molecule has 0 saturated heterocycles. The van der Waals surface area contributed by atoms with Crippen LogP contribution in [0.5, 0.6) is 0 Å². The van der Waals surface area contributed by atoms with Crippen molar-refractivity contribution < 1.29 is 9.00 Å². The number of hydrogen-bond acceptors (Lipinski definition) is 8. The van der Waals surface area contributed by atoms with Crippen LogP contribution < -0.4 is 9.91 Å². The molecule has 1 fully saturated rings. The number of hydrazine groups is 1. The molecule has 138 valence electrons. The number of anilines is 2. The van der Waals surface area contributed by atoms with Crippen molar-refractivity contribution in [2.45, 2.75) is 37.8 Å². The molecule has 0 N–H and O–H groups in total. The highest BCUT2D eigenvalue weighted by molar-refractivity contribution is 5.79. The number of nitrogens with zero attached hydrogens (tertiary/aromatic N) is 7. The lowest BCUT2D eigenvalue weighted by atomic mass is 10.1. The van der Waals surface area contributed by atoms with Crippen molar-refractivity contribution in [2.24, 2.45) is 4.99 Å². The molecule has 1 atom stereocenters. The quantitative estimate of drug-likeness (QED) is 0.755. The molecule has 1 aliphatic carbocycles. The van der Waals surface area contributed by atoms with Crippen LogP contribution in [0.2, 0.25) is 0 Å². The molecule has 1 aromatic heterocycles. The van der Waals surface area contributed by atoms with E-state index in [1.807, 2.05) is 34.2 Å². The van der Waals surface area contributed by atoms with Crippen molar-refractivity contribution >= 4 is 18.0 Å². The maximum Gasteiger partial charge on any atom is 0.348 e. The monoisotopic (exact) mass is 367 g/mol. The molecular formula is C18H18FN7O. The molecule has 0 spiro atoms. The summed E-state index contributed by atoms with van der Waals surface area (Å²) >= 11 is 0. The van der Waals surface area contributed by atoms with Gasteiger partial charge in [-0.2, -0.15) is 15.1 Å². The van der Waals surface area contributed by atoms with Crippen LogP contribution in [0.4, 0.5) is 16.2 Å². The van der Waals surface area contributed by atoms with Crippen molar-refractivity contribution in [3.8, 4) is 0 Å². The standard InChI is InChI=1S/C18H18FN7O/c19-23-9-15-24(11-23)14-8-4-3-7-13(14)17-20-10-25(26(15)17)18-21-16(22-27-18)12-5-1-2-6-12/h3-4,7-10,12,17H,1-2,5-6,11H2. The Hall–Kier alpha value is -3.10. The lowest BCUT2D eigenvalue weighted by Gasteiger charge is -2.41. The van der Waals surface area contributed by atoms with Crippen molar-refractivity contribution in [3.63, 3.8) is 0 Å². The number of hydrogen-bond donors (Lipinski definition) is 0. The molecule has 0 radical (unpaired) electrons. The first-order valence-corrected chi connectivity index (χ1v) is 9.25. The topological polar surface area (TPSA) is 64.2 Å². The maximum atomic E-state index is 14.1. The van der Waals surface area contributed by atoms with Crippen LogP contribution in [-0.2, 0) is 0 Å². The smallest absolute Gasteiger partial charge is 0.313 e. The van der Waals surface area contributed by atoms with E-state index in [9.17, 15) is 4.48 Å². The van der Waals surface area contributed by atoms with Gasteiger partial charge in [-0.3, -0.25) is 0 Å². The summed E-state index contributed by atoms with van der Waals surface area (Å²) < 4.78 is 19.6. The minimum atomic E-state index is -0.281. The summed E-state index contributed by atoms with van der Waals surface area (Å²) in [6.07, 6.45) is 7.48. The second kappa shape index (κ2) is 5.45. The SMILES string of the molecule is FN1C=C2N(C1)c1ccccc1C1N=CN(c3nc(C4CCCC4)no3)N21. The summed E-state index contributed by atoms with van der Waals surface area (Å²) in [5, 5.41) is 8.48. The Bertz CT molecular complexity index is 951. The Morgan fingerprint density at radius 1 is 1.15 bits per heavy atom. The van der Waals surface area contributed by atoms with E-state index < -0.39 is 0 Å². The molecule has 1 aromatic carbocycles. The fourth-order valence-electron chi connectivity index (χ4n) is 4.40. The normalized spacial score (nSPS) is 23.7. The second-order valence-corrected chi connectivity index (χ2v) is 7.26. The highest BCUT2D eigenvalue weighted by Gasteiger charge is 2.45. The van der Waals surface area contributed by atoms with Gasteiger partial charge in [0.15, 0.2) is 17.8 Å². The van der Waals surface area contributed by atoms with Crippen molar-refractivity contribution in [1.82, 2.24) is 20.3 Å². The van der Waals surface area contributed by atoms with Crippen LogP contribution in [-0.4, -0.2) is 33.3 Å². The predicted octanol–water partition coefficient (Wildman–Crippen LogP) is 3.27. The van der Waals surface area contributed by atoms with Crippen molar-refractivity contribution in [3.05, 3.63) is 47.7 Å². The molecule has 1 saturated carbocycles. The summed E-state index contributed by atoms with van der Waals surface area (Å²) in [6.45, 7) is 0.139. The van der Waals surface area contributed by atoms with Gasteiger partial charge in [0.1, 0.15) is 13.0 Å². The molecule has 2 aromatic rings. The van der Waals surface area contributed by atoms with Gasteiger partial charge < -0.3 is 9.42 Å². The molecule has 8 nitrogen and oxygen atoms in total. The van der Waals surface area contributed by atoms with E-state index in [0.29, 0.717) is 22.9 Å². The van der Waals surface area contributed by atoms with Crippen LogP contribution in [0.15, 0.2) is 45.8 Å². The Kier molecular flexibility index (Phi) is 3.03. The van der Waals surface area contributed by atoms with Gasteiger partial charge in [-0.1, -0.05) is 40.7 Å². The first-order chi connectivity index (χ1) is 13.3. The summed E-state index contributed by atoms with van der Waals surface area (Å²) in [6, 6.07) is 8.29. The highest BCUT2D eigenvalue weighted by atomic mass is 19.2. The summed E-state index contributed by atoms with van der Waals surface area (Å²) in [5.41, 5.74) is 1.97. The van der Waals surface area contributed by atoms with Crippen LogP contribution in [0.1, 0.15) is 49.2 Å². The average Bonchev–Trinajstić information content (AvgIpc) is 3.44. The third-order valence-electron chi connectivity index (χ3n) is 5.68. The molecule has 6 rings (SSSR count). The van der Waals surface area contributed by atoms with Crippen LogP contribution in [0.25, 0.3) is 0 Å². The van der Waals surface area contributed by atoms with Crippen molar-refractivity contribution in [1.29, 1.82) is 0 Å². The van der Waals surface area contributed by atoms with Crippen LogP contribution >= 0.6 is 0 Å². The van der Waals surface area contributed by atoms with Gasteiger partial charge in [0.25, 0.3) is 0 Å². The van der Waals surface area contributed by atoms with E-state index in [1.54, 1.807) is 11.3 Å². The Balaban J connectivity index is 1.40. The zero-order valence-corrected chi connectivity index (χ0v) is 14.6. The van der Waals surface area contributed by atoms with E-state index in [-0.39, 0.29) is 12.8 Å². The maximum absolute atomic E-state index is 14.1. The predicted molar refractivity (Wildman–Crippen MR) is 95.9 cm³/mol. The van der Waals surface area contributed by atoms with Gasteiger partial charge in [-0.15, -0.1) is 0 Å². The zero-order chi connectivity index (χ0) is 18.0. The van der Waals surface area contributed by atoms with Gasteiger partial charge in [-0.25, -0.2) is 10.0 Å². The van der Waals surface area contributed by atoms with Gasteiger partial charge in [-0.05, 0) is 18.9 Å². The lowest BCUT2D eigenvalue weighted by molar-refractivity contribution is 0.104. The summed E-state index contributed by atoms with van der Waals surface area (Å²) in [5.74, 6) is 1.81. The van der Waals surface area contributed by atoms with Gasteiger partial charge in [0.2, 0.25) is 0 Å². The molecule has 3 aliphatic heterocycles. The van der Waals surface area contributed by atoms with Crippen LogP contribution in [0, 0.1) is 0 Å². The molecule has 27 heavy (non-hydrogen) atoms. The van der Waals surface area contributed by atoms with Gasteiger partial charge >= 0.3 is 6.01 Å². The van der Waals surface area contributed by atoms with E-state index in [1.165, 1.54) is 19.0 Å². The van der Waals surface area contributed by atoms with Gasteiger partial charge in [0.05, 0.1) is 11.9 Å². The Morgan fingerprint density at radius 3 is 2.89 bits per heavy atom. The fourth-order valence-corrected chi connectivity index (χ4v) is 4.40. The number of benzene rings is 1. The first kappa shape index (κ1) is 15.0. The minimum Gasteiger partial charge on any atom is -0.313 e. The number of para-hydroxylation sites is 1. The van der Waals surface area contributed by atoms with Crippen molar-refractivity contribution in [2.75, 3.05) is 16.6 Å². The van der Waals surface area contributed by atoms with Gasteiger partial charge in [0, 0.05) is 11.5 Å². The summed E-state index contributed by atoms with van der Waals surface area (Å²) in [4.78, 5) is 11.2. The molecule has 4 heterocycles. The first-order valence-electron chi connectivity index (χ1n) is 9.25. The van der Waals surface area contributed by atoms with Crippen LogP contribution in [0.3, 0.4) is 0 Å². The third kappa shape index (κ3) is 2.11. The van der Waals surface area contributed by atoms with E-state index in [2.05, 4.69) is 15.1 Å². The lowest BCUT2D eigenvalue weighted by Crippen LogP contribution is -2.46. The number of aliphatic imine (C=N–C) groups is 1. The Morgan fingerprint density at radius 2 is 2.00 bits per heavy atom.